The molecule has 5 nitrogen and oxygen atoms in total. The van der Waals surface area contributed by atoms with E-state index < -0.39 is 0 Å². The minimum absolute atomic E-state index is 0.0230. The molecule has 0 bridgehead atoms. The minimum atomic E-state index is -0.0230. The van der Waals surface area contributed by atoms with E-state index in [1.165, 1.54) is 0 Å². The van der Waals surface area contributed by atoms with Crippen molar-refractivity contribution in [3.8, 4) is 0 Å². The third-order valence-electron chi connectivity index (χ3n) is 4.14. The maximum Gasteiger partial charge on any atom is 0.266 e. The summed E-state index contributed by atoms with van der Waals surface area (Å²) in [5, 5.41) is 5.01. The van der Waals surface area contributed by atoms with E-state index in [-0.39, 0.29) is 5.56 Å². The zero-order valence-electron chi connectivity index (χ0n) is 12.6. The Morgan fingerprint density at radius 3 is 2.77 bits per heavy atom. The van der Waals surface area contributed by atoms with Crippen LogP contribution in [0.25, 0.3) is 0 Å². The number of pyridine rings is 1. The van der Waals surface area contributed by atoms with Crippen molar-refractivity contribution < 1.29 is 0 Å². The number of nitrogens with zero attached hydrogens (tertiary/aromatic N) is 4. The summed E-state index contributed by atoms with van der Waals surface area (Å²) in [4.78, 5) is 18.1. The van der Waals surface area contributed by atoms with Crippen LogP contribution in [0.1, 0.15) is 18.5 Å². The first kappa shape index (κ1) is 15.0. The minimum Gasteiger partial charge on any atom is -0.370 e. The lowest BCUT2D eigenvalue weighted by atomic mass is 9.96. The molecule has 3 rings (SSSR count). The Hall–Kier alpha value is -1.88. The Kier molecular flexibility index (Phi) is 4.43. The molecule has 0 saturated carbocycles. The first-order chi connectivity index (χ1) is 10.6. The van der Waals surface area contributed by atoms with Crippen LogP contribution in [-0.2, 0) is 6.54 Å². The largest absolute Gasteiger partial charge is 0.370 e. The molecule has 1 aliphatic rings. The van der Waals surface area contributed by atoms with E-state index in [0.29, 0.717) is 17.5 Å². The van der Waals surface area contributed by atoms with Gasteiger partial charge >= 0.3 is 0 Å². The molecular weight excluding hydrogens is 300 g/mol. The Labute approximate surface area is 134 Å². The summed E-state index contributed by atoms with van der Waals surface area (Å²) in [7, 11) is 0. The zero-order chi connectivity index (χ0) is 15.5. The maximum absolute atomic E-state index is 11.8. The molecule has 116 valence electrons. The van der Waals surface area contributed by atoms with E-state index in [1.807, 2.05) is 13.0 Å². The highest BCUT2D eigenvalue weighted by atomic mass is 35.5. The van der Waals surface area contributed by atoms with Crippen molar-refractivity contribution in [2.24, 2.45) is 5.92 Å². The molecule has 0 aliphatic carbocycles. The number of halogens is 1. The van der Waals surface area contributed by atoms with Gasteiger partial charge in [-0.25, -0.2) is 4.68 Å². The molecule has 22 heavy (non-hydrogen) atoms. The van der Waals surface area contributed by atoms with Crippen molar-refractivity contribution in [2.45, 2.75) is 26.3 Å². The lowest BCUT2D eigenvalue weighted by Gasteiger charge is -2.34. The van der Waals surface area contributed by atoms with Crippen molar-refractivity contribution in [3.05, 3.63) is 51.7 Å². The maximum atomic E-state index is 11.8. The molecule has 0 amide bonds. The van der Waals surface area contributed by atoms with Gasteiger partial charge in [-0.05, 0) is 37.8 Å². The van der Waals surface area contributed by atoms with E-state index in [2.05, 4.69) is 15.0 Å². The van der Waals surface area contributed by atoms with Gasteiger partial charge in [0.15, 0.2) is 0 Å². The van der Waals surface area contributed by atoms with Gasteiger partial charge in [-0.3, -0.25) is 9.78 Å². The Morgan fingerprint density at radius 2 is 2.05 bits per heavy atom. The third-order valence-corrected chi connectivity index (χ3v) is 4.43. The second-order valence-electron chi connectivity index (χ2n) is 5.75. The van der Waals surface area contributed by atoms with Crippen molar-refractivity contribution >= 4 is 17.3 Å². The van der Waals surface area contributed by atoms with Crippen LogP contribution in [0.2, 0.25) is 5.02 Å². The third kappa shape index (κ3) is 3.30. The Morgan fingerprint density at radius 1 is 1.27 bits per heavy atom. The average Bonchev–Trinajstić information content (AvgIpc) is 2.52. The molecule has 0 radical (unpaired) electrons. The van der Waals surface area contributed by atoms with E-state index in [9.17, 15) is 4.79 Å². The van der Waals surface area contributed by atoms with Crippen molar-refractivity contribution in [3.63, 3.8) is 0 Å². The molecule has 6 heteroatoms. The molecule has 2 aromatic rings. The SMILES string of the molecule is Cc1ccc(=O)n(CC2CCN(c3ccncc3Cl)CC2)n1. The second-order valence-corrected chi connectivity index (χ2v) is 6.16. The van der Waals surface area contributed by atoms with Crippen LogP contribution in [0.3, 0.4) is 0 Å². The van der Waals surface area contributed by atoms with Crippen LogP contribution in [0.5, 0.6) is 0 Å². The van der Waals surface area contributed by atoms with Gasteiger partial charge in [0.1, 0.15) is 0 Å². The molecule has 1 aliphatic heterocycles. The van der Waals surface area contributed by atoms with Crippen LogP contribution in [0.4, 0.5) is 5.69 Å². The summed E-state index contributed by atoms with van der Waals surface area (Å²) in [5.41, 5.74) is 1.90. The molecular formula is C16H19ClN4O. The number of anilines is 1. The highest BCUT2D eigenvalue weighted by molar-refractivity contribution is 6.33. The summed E-state index contributed by atoms with van der Waals surface area (Å²) in [6.07, 6.45) is 5.50. The fourth-order valence-electron chi connectivity index (χ4n) is 2.91. The van der Waals surface area contributed by atoms with E-state index >= 15 is 0 Å². The quantitative estimate of drug-likeness (QED) is 0.872. The fraction of sp³-hybridized carbons (Fsp3) is 0.438. The van der Waals surface area contributed by atoms with Crippen molar-refractivity contribution in [1.82, 2.24) is 14.8 Å². The van der Waals surface area contributed by atoms with Gasteiger partial charge in [-0.1, -0.05) is 11.6 Å². The van der Waals surface area contributed by atoms with Crippen molar-refractivity contribution in [2.75, 3.05) is 18.0 Å². The van der Waals surface area contributed by atoms with Gasteiger partial charge < -0.3 is 4.90 Å². The van der Waals surface area contributed by atoms with E-state index in [0.717, 1.165) is 37.3 Å². The Balaban J connectivity index is 1.64. The fourth-order valence-corrected chi connectivity index (χ4v) is 3.15. The molecule has 1 fully saturated rings. The molecule has 1 saturated heterocycles. The van der Waals surface area contributed by atoms with E-state index in [4.69, 9.17) is 11.6 Å². The Bertz CT molecular complexity index is 707. The highest BCUT2D eigenvalue weighted by Gasteiger charge is 2.21. The lowest BCUT2D eigenvalue weighted by molar-refractivity contribution is 0.334. The number of hydrogen-bond donors (Lipinski definition) is 0. The number of rotatable bonds is 3. The molecule has 0 unspecified atom stereocenters. The summed E-state index contributed by atoms with van der Waals surface area (Å²) in [6.45, 7) is 4.48. The van der Waals surface area contributed by atoms with Gasteiger partial charge in [0.25, 0.3) is 5.56 Å². The van der Waals surface area contributed by atoms with Crippen LogP contribution in [0.15, 0.2) is 35.4 Å². The highest BCUT2D eigenvalue weighted by Crippen LogP contribution is 2.28. The van der Waals surface area contributed by atoms with Crippen LogP contribution >= 0.6 is 11.6 Å². The molecule has 3 heterocycles. The van der Waals surface area contributed by atoms with E-state index in [1.54, 1.807) is 29.2 Å². The van der Waals surface area contributed by atoms with Gasteiger partial charge in [0, 0.05) is 38.1 Å². The monoisotopic (exact) mass is 318 g/mol. The number of hydrogen-bond acceptors (Lipinski definition) is 4. The number of aryl methyl sites for hydroxylation is 1. The summed E-state index contributed by atoms with van der Waals surface area (Å²) >= 11 is 6.20. The predicted octanol–water partition coefficient (Wildman–Crippen LogP) is 2.52. The van der Waals surface area contributed by atoms with Gasteiger partial charge in [0.2, 0.25) is 0 Å². The standard InChI is InChI=1S/C16H19ClN4O/c1-12-2-3-16(22)21(19-12)11-13-5-8-20(9-6-13)15-4-7-18-10-14(15)17/h2-4,7,10,13H,5-6,8-9,11H2,1H3. The normalized spacial score (nSPS) is 16.0. The number of aromatic nitrogens is 3. The van der Waals surface area contributed by atoms with Crippen LogP contribution < -0.4 is 10.5 Å². The van der Waals surface area contributed by atoms with Crippen LogP contribution in [-0.4, -0.2) is 27.9 Å². The molecule has 2 aromatic heterocycles. The average molecular weight is 319 g/mol. The first-order valence-corrected chi connectivity index (χ1v) is 7.90. The topological polar surface area (TPSA) is 51.0 Å². The van der Waals surface area contributed by atoms with Crippen LogP contribution in [0, 0.1) is 12.8 Å². The van der Waals surface area contributed by atoms with Crippen molar-refractivity contribution in [1.29, 1.82) is 0 Å². The van der Waals surface area contributed by atoms with Gasteiger partial charge in [-0.2, -0.15) is 5.10 Å². The molecule has 0 aromatic carbocycles. The van der Waals surface area contributed by atoms with Gasteiger partial charge in [-0.15, -0.1) is 0 Å². The summed E-state index contributed by atoms with van der Waals surface area (Å²) < 4.78 is 1.59. The lowest BCUT2D eigenvalue weighted by Crippen LogP contribution is -2.37. The molecule has 0 spiro atoms. The number of piperidine rings is 1. The molecule has 0 atom stereocenters. The smallest absolute Gasteiger partial charge is 0.266 e. The second kappa shape index (κ2) is 6.48. The zero-order valence-corrected chi connectivity index (χ0v) is 13.3. The predicted molar refractivity (Wildman–Crippen MR) is 87.4 cm³/mol. The first-order valence-electron chi connectivity index (χ1n) is 7.53. The molecule has 0 N–H and O–H groups in total. The summed E-state index contributed by atoms with van der Waals surface area (Å²) in [6, 6.07) is 5.30. The van der Waals surface area contributed by atoms with Gasteiger partial charge in [0.05, 0.1) is 16.4 Å². The summed E-state index contributed by atoms with van der Waals surface area (Å²) in [5.74, 6) is 0.476.